The molecule has 7 heteroatoms. The van der Waals surface area contributed by atoms with E-state index in [1.807, 2.05) is 16.8 Å². The molecule has 0 radical (unpaired) electrons. The van der Waals surface area contributed by atoms with Crippen molar-refractivity contribution in [3.63, 3.8) is 0 Å². The molecule has 134 valence electrons. The Morgan fingerprint density at radius 1 is 1.36 bits per heavy atom. The van der Waals surface area contributed by atoms with Gasteiger partial charge in [-0.25, -0.2) is 13.6 Å². The number of halogens is 2. The van der Waals surface area contributed by atoms with Crippen molar-refractivity contribution in [2.24, 2.45) is 0 Å². The maximum atomic E-state index is 13.7. The van der Waals surface area contributed by atoms with Crippen LogP contribution in [0.2, 0.25) is 0 Å². The van der Waals surface area contributed by atoms with Gasteiger partial charge >= 0.3 is 6.03 Å². The fraction of sp³-hybridized carbons (Fsp3) is 0.389. The number of hydrogen-bond acceptors (Lipinski definition) is 3. The van der Waals surface area contributed by atoms with E-state index in [-0.39, 0.29) is 24.2 Å². The Morgan fingerprint density at radius 2 is 2.24 bits per heavy atom. The maximum absolute atomic E-state index is 13.7. The molecule has 0 bridgehead atoms. The van der Waals surface area contributed by atoms with Crippen molar-refractivity contribution in [1.29, 1.82) is 0 Å². The number of urea groups is 1. The largest absolute Gasteiger partial charge is 0.376 e. The molecule has 1 atom stereocenters. The Kier molecular flexibility index (Phi) is 5.99. The van der Waals surface area contributed by atoms with Crippen LogP contribution in [0.3, 0.4) is 0 Å². The molecule has 0 unspecified atom stereocenters. The lowest BCUT2D eigenvalue weighted by atomic mass is 10.2. The number of hydrogen-bond donors (Lipinski definition) is 1. The first kappa shape index (κ1) is 17.8. The van der Waals surface area contributed by atoms with E-state index >= 15 is 0 Å². The molecule has 4 nitrogen and oxygen atoms in total. The zero-order chi connectivity index (χ0) is 17.6. The highest BCUT2D eigenvalue weighted by Crippen LogP contribution is 2.17. The second-order valence-corrected chi connectivity index (χ2v) is 6.82. The number of carbonyl (C=O) groups is 1. The van der Waals surface area contributed by atoms with Crippen molar-refractivity contribution in [2.45, 2.75) is 32.0 Å². The van der Waals surface area contributed by atoms with Gasteiger partial charge in [0.05, 0.1) is 6.10 Å². The van der Waals surface area contributed by atoms with Gasteiger partial charge < -0.3 is 15.0 Å². The van der Waals surface area contributed by atoms with Crippen LogP contribution in [0.4, 0.5) is 13.6 Å². The lowest BCUT2D eigenvalue weighted by molar-refractivity contribution is 0.0794. The van der Waals surface area contributed by atoms with Crippen LogP contribution in [0, 0.1) is 11.6 Å². The van der Waals surface area contributed by atoms with Gasteiger partial charge in [0.25, 0.3) is 0 Å². The molecule has 0 spiro atoms. The first-order valence-electron chi connectivity index (χ1n) is 8.21. The summed E-state index contributed by atoms with van der Waals surface area (Å²) < 4.78 is 32.6. The highest BCUT2D eigenvalue weighted by atomic mass is 32.1. The summed E-state index contributed by atoms with van der Waals surface area (Å²) in [6.45, 7) is 1.59. The summed E-state index contributed by atoms with van der Waals surface area (Å²) in [7, 11) is 0. The van der Waals surface area contributed by atoms with Crippen molar-refractivity contribution in [1.82, 2.24) is 10.2 Å². The summed E-state index contributed by atoms with van der Waals surface area (Å²) in [6.07, 6.45) is 1.94. The van der Waals surface area contributed by atoms with Gasteiger partial charge in [0.2, 0.25) is 0 Å². The topological polar surface area (TPSA) is 41.6 Å². The molecule has 1 aromatic heterocycles. The molecule has 0 saturated carbocycles. The van der Waals surface area contributed by atoms with Gasteiger partial charge in [-0.15, -0.1) is 0 Å². The number of nitrogens with one attached hydrogen (secondary N) is 1. The van der Waals surface area contributed by atoms with Crippen molar-refractivity contribution in [2.75, 3.05) is 13.2 Å². The number of amides is 2. The van der Waals surface area contributed by atoms with Crippen molar-refractivity contribution in [3.8, 4) is 0 Å². The first-order chi connectivity index (χ1) is 12.1. The standard InChI is InChI=1S/C18H20F2N2O2S/c19-15-3-4-17(20)14(8-15)9-21-18(23)22(10-13-5-7-25-12-13)11-16-2-1-6-24-16/h3-5,7-8,12,16H,1-2,6,9-11H2,(H,21,23)/t16-/m1/s1. The summed E-state index contributed by atoms with van der Waals surface area (Å²) in [5.74, 6) is -1.06. The van der Waals surface area contributed by atoms with Gasteiger partial charge in [-0.3, -0.25) is 0 Å². The molecular formula is C18H20F2N2O2S. The molecule has 3 rings (SSSR count). The molecule has 1 N–H and O–H groups in total. The van der Waals surface area contributed by atoms with E-state index in [2.05, 4.69) is 5.32 Å². The lowest BCUT2D eigenvalue weighted by Crippen LogP contribution is -2.43. The SMILES string of the molecule is O=C(NCc1cc(F)ccc1F)N(Cc1ccsc1)C[C@H]1CCCO1. The predicted molar refractivity (Wildman–Crippen MR) is 92.3 cm³/mol. The van der Waals surface area contributed by atoms with Gasteiger partial charge in [-0.1, -0.05) is 0 Å². The third-order valence-electron chi connectivity index (χ3n) is 4.13. The van der Waals surface area contributed by atoms with E-state index in [0.717, 1.165) is 36.6 Å². The normalized spacial score (nSPS) is 16.8. The van der Waals surface area contributed by atoms with Crippen LogP contribution in [0.5, 0.6) is 0 Å². The number of ether oxygens (including phenoxy) is 1. The molecule has 2 heterocycles. The van der Waals surface area contributed by atoms with Crippen LogP contribution in [-0.4, -0.2) is 30.2 Å². The lowest BCUT2D eigenvalue weighted by Gasteiger charge is -2.25. The van der Waals surface area contributed by atoms with E-state index in [1.165, 1.54) is 0 Å². The third-order valence-corrected chi connectivity index (χ3v) is 4.86. The van der Waals surface area contributed by atoms with Gasteiger partial charge in [0.1, 0.15) is 11.6 Å². The summed E-state index contributed by atoms with van der Waals surface area (Å²) >= 11 is 1.57. The van der Waals surface area contributed by atoms with E-state index < -0.39 is 11.6 Å². The van der Waals surface area contributed by atoms with Crippen molar-refractivity contribution < 1.29 is 18.3 Å². The Morgan fingerprint density at radius 3 is 2.96 bits per heavy atom. The molecule has 1 aliphatic rings. The highest BCUT2D eigenvalue weighted by molar-refractivity contribution is 7.07. The third kappa shape index (κ3) is 4.99. The van der Waals surface area contributed by atoms with Gasteiger partial charge in [-0.05, 0) is 53.4 Å². The molecule has 1 aromatic carbocycles. The number of nitrogens with zero attached hydrogens (tertiary/aromatic N) is 1. The highest BCUT2D eigenvalue weighted by Gasteiger charge is 2.23. The molecule has 2 aromatic rings. The van der Waals surface area contributed by atoms with Crippen LogP contribution in [0.25, 0.3) is 0 Å². The van der Waals surface area contributed by atoms with E-state index in [9.17, 15) is 13.6 Å². The smallest absolute Gasteiger partial charge is 0.318 e. The zero-order valence-corrected chi connectivity index (χ0v) is 14.5. The maximum Gasteiger partial charge on any atom is 0.318 e. The summed E-state index contributed by atoms with van der Waals surface area (Å²) in [4.78, 5) is 14.2. The Balaban J connectivity index is 1.63. The molecule has 1 saturated heterocycles. The second-order valence-electron chi connectivity index (χ2n) is 6.04. The fourth-order valence-electron chi connectivity index (χ4n) is 2.82. The minimum absolute atomic E-state index is 0.0234. The Labute approximate surface area is 149 Å². The quantitative estimate of drug-likeness (QED) is 0.842. The number of carbonyl (C=O) groups excluding carboxylic acids is 1. The van der Waals surface area contributed by atoms with Gasteiger partial charge in [0, 0.05) is 31.8 Å². The first-order valence-corrected chi connectivity index (χ1v) is 9.15. The van der Waals surface area contributed by atoms with Crippen LogP contribution in [-0.2, 0) is 17.8 Å². The fourth-order valence-corrected chi connectivity index (χ4v) is 3.48. The summed E-state index contributed by atoms with van der Waals surface area (Å²) in [5.41, 5.74) is 1.16. The molecular weight excluding hydrogens is 346 g/mol. The molecule has 1 fully saturated rings. The summed E-state index contributed by atoms with van der Waals surface area (Å²) in [6, 6.07) is 4.86. The minimum atomic E-state index is -0.537. The van der Waals surface area contributed by atoms with E-state index in [1.54, 1.807) is 16.2 Å². The average molecular weight is 366 g/mol. The van der Waals surface area contributed by atoms with Gasteiger partial charge in [-0.2, -0.15) is 11.3 Å². The second kappa shape index (κ2) is 8.40. The molecule has 1 aliphatic heterocycles. The molecule has 0 aliphatic carbocycles. The number of thiophene rings is 1. The molecule has 25 heavy (non-hydrogen) atoms. The molecule has 2 amide bonds. The Hall–Kier alpha value is -1.99. The average Bonchev–Trinajstić information content (AvgIpc) is 3.28. The minimum Gasteiger partial charge on any atom is -0.376 e. The van der Waals surface area contributed by atoms with E-state index in [4.69, 9.17) is 4.74 Å². The monoisotopic (exact) mass is 366 g/mol. The predicted octanol–water partition coefficient (Wildman–Crippen LogP) is 3.92. The summed E-state index contributed by atoms with van der Waals surface area (Å²) in [5, 5.41) is 6.63. The van der Waals surface area contributed by atoms with Crippen LogP contribution < -0.4 is 5.32 Å². The van der Waals surface area contributed by atoms with Crippen LogP contribution >= 0.6 is 11.3 Å². The van der Waals surface area contributed by atoms with Crippen LogP contribution in [0.15, 0.2) is 35.0 Å². The Bertz CT molecular complexity index is 703. The van der Waals surface area contributed by atoms with E-state index in [0.29, 0.717) is 19.7 Å². The number of benzene rings is 1. The number of rotatable bonds is 6. The van der Waals surface area contributed by atoms with Crippen LogP contribution in [0.1, 0.15) is 24.0 Å². The zero-order valence-electron chi connectivity index (χ0n) is 13.7. The van der Waals surface area contributed by atoms with Crippen molar-refractivity contribution >= 4 is 17.4 Å². The van der Waals surface area contributed by atoms with Gasteiger partial charge in [0.15, 0.2) is 0 Å². The van der Waals surface area contributed by atoms with Crippen molar-refractivity contribution in [3.05, 3.63) is 57.8 Å².